The van der Waals surface area contributed by atoms with Gasteiger partial charge in [-0.2, -0.15) is 0 Å². The van der Waals surface area contributed by atoms with Crippen molar-refractivity contribution in [1.82, 2.24) is 5.32 Å². The van der Waals surface area contributed by atoms with Gasteiger partial charge in [-0.25, -0.2) is 4.79 Å². The van der Waals surface area contributed by atoms with E-state index in [2.05, 4.69) is 10.6 Å². The number of aliphatic hydroxyl groups is 1. The van der Waals surface area contributed by atoms with E-state index in [1.165, 1.54) is 0 Å². The zero-order valence-corrected chi connectivity index (χ0v) is 12.6. The van der Waals surface area contributed by atoms with Gasteiger partial charge in [-0.05, 0) is 29.3 Å². The monoisotopic (exact) mass is 324 g/mol. The fourth-order valence-corrected chi connectivity index (χ4v) is 2.27. The van der Waals surface area contributed by atoms with Gasteiger partial charge in [0.2, 0.25) is 0 Å². The van der Waals surface area contributed by atoms with Crippen LogP contribution in [0.25, 0.3) is 0 Å². The molecule has 0 saturated heterocycles. The number of hydrogen-bond acceptors (Lipinski definition) is 2. The Morgan fingerprint density at radius 1 is 1.10 bits per heavy atom. The molecule has 2 rings (SSSR count). The van der Waals surface area contributed by atoms with Gasteiger partial charge < -0.3 is 15.7 Å². The lowest BCUT2D eigenvalue weighted by molar-refractivity contribution is 0.251. The zero-order valence-electron chi connectivity index (χ0n) is 11.1. The third kappa shape index (κ3) is 4.36. The third-order valence-corrected chi connectivity index (χ3v) is 3.46. The normalized spacial score (nSPS) is 10.2. The smallest absolute Gasteiger partial charge is 0.319 e. The number of amides is 2. The van der Waals surface area contributed by atoms with E-state index in [0.29, 0.717) is 22.3 Å². The van der Waals surface area contributed by atoms with Gasteiger partial charge >= 0.3 is 6.03 Å². The third-order valence-electron chi connectivity index (χ3n) is 2.91. The quantitative estimate of drug-likeness (QED) is 0.800. The molecule has 6 heteroatoms. The van der Waals surface area contributed by atoms with Gasteiger partial charge in [0.15, 0.2) is 0 Å². The van der Waals surface area contributed by atoms with Crippen LogP contribution in [0, 0.1) is 0 Å². The number of nitrogens with one attached hydrogen (secondary N) is 2. The molecule has 21 heavy (non-hydrogen) atoms. The summed E-state index contributed by atoms with van der Waals surface area (Å²) in [4.78, 5) is 11.8. The molecular formula is C15H14Cl2N2O2. The average molecular weight is 325 g/mol. The van der Waals surface area contributed by atoms with E-state index >= 15 is 0 Å². The lowest BCUT2D eigenvalue weighted by Crippen LogP contribution is -2.28. The first-order valence-electron chi connectivity index (χ1n) is 6.27. The first kappa shape index (κ1) is 15.6. The minimum absolute atomic E-state index is 0.0670. The number of anilines is 1. The number of hydrogen-bond donors (Lipinski definition) is 3. The summed E-state index contributed by atoms with van der Waals surface area (Å²) in [6.45, 7) is 0.246. The molecule has 0 spiro atoms. The van der Waals surface area contributed by atoms with E-state index in [0.717, 1.165) is 11.1 Å². The van der Waals surface area contributed by atoms with E-state index < -0.39 is 0 Å². The molecule has 3 N–H and O–H groups in total. The van der Waals surface area contributed by atoms with Crippen molar-refractivity contribution >= 4 is 34.9 Å². The molecule has 0 unspecified atom stereocenters. The molecule has 2 aromatic rings. The maximum Gasteiger partial charge on any atom is 0.319 e. The van der Waals surface area contributed by atoms with Crippen molar-refractivity contribution in [2.45, 2.75) is 13.2 Å². The maximum absolute atomic E-state index is 11.8. The van der Waals surface area contributed by atoms with Crippen molar-refractivity contribution in [3.05, 3.63) is 63.6 Å². The van der Waals surface area contributed by atoms with E-state index in [1.54, 1.807) is 18.2 Å². The van der Waals surface area contributed by atoms with Crippen molar-refractivity contribution in [3.8, 4) is 0 Å². The molecular weight excluding hydrogens is 311 g/mol. The number of halogens is 2. The summed E-state index contributed by atoms with van der Waals surface area (Å²) < 4.78 is 0. The van der Waals surface area contributed by atoms with E-state index in [9.17, 15) is 9.90 Å². The van der Waals surface area contributed by atoms with E-state index in [1.807, 2.05) is 24.3 Å². The van der Waals surface area contributed by atoms with Crippen LogP contribution in [0.3, 0.4) is 0 Å². The highest BCUT2D eigenvalue weighted by molar-refractivity contribution is 6.36. The van der Waals surface area contributed by atoms with E-state index in [4.69, 9.17) is 23.2 Å². The summed E-state index contributed by atoms with van der Waals surface area (Å²) in [6.07, 6.45) is 0. The first-order chi connectivity index (χ1) is 10.1. The number of carbonyl (C=O) groups is 1. The minimum atomic E-state index is -0.382. The van der Waals surface area contributed by atoms with Crippen molar-refractivity contribution in [2.24, 2.45) is 0 Å². The summed E-state index contributed by atoms with van der Waals surface area (Å²) in [5, 5.41) is 15.4. The van der Waals surface area contributed by atoms with Gasteiger partial charge in [0.05, 0.1) is 17.3 Å². The molecule has 0 aliphatic rings. The Hall–Kier alpha value is -1.75. The van der Waals surface area contributed by atoms with Crippen LogP contribution in [0.15, 0.2) is 42.5 Å². The van der Waals surface area contributed by atoms with Crippen molar-refractivity contribution < 1.29 is 9.90 Å². The van der Waals surface area contributed by atoms with Crippen LogP contribution in [0.5, 0.6) is 0 Å². The lowest BCUT2D eigenvalue weighted by atomic mass is 10.1. The van der Waals surface area contributed by atoms with Gasteiger partial charge in [-0.3, -0.25) is 0 Å². The topological polar surface area (TPSA) is 61.4 Å². The van der Waals surface area contributed by atoms with Crippen LogP contribution in [0.2, 0.25) is 10.0 Å². The minimum Gasteiger partial charge on any atom is -0.392 e. The summed E-state index contributed by atoms with van der Waals surface area (Å²) in [5.41, 5.74) is 2.12. The Morgan fingerprint density at radius 3 is 2.48 bits per heavy atom. The maximum atomic E-state index is 11.8. The second-order valence-electron chi connectivity index (χ2n) is 4.36. The molecule has 0 aliphatic heterocycles. The largest absolute Gasteiger partial charge is 0.392 e. The molecule has 0 saturated carbocycles. The van der Waals surface area contributed by atoms with Crippen LogP contribution < -0.4 is 10.6 Å². The molecule has 0 radical (unpaired) electrons. The van der Waals surface area contributed by atoms with Crippen LogP contribution in [-0.2, 0) is 13.2 Å². The Kier molecular flexibility index (Phi) is 5.44. The predicted octanol–water partition coefficient (Wildman–Crippen LogP) is 3.81. The van der Waals surface area contributed by atoms with Gasteiger partial charge in [-0.1, -0.05) is 47.5 Å². The summed E-state index contributed by atoms with van der Waals surface area (Å²) in [6, 6.07) is 11.8. The van der Waals surface area contributed by atoms with Crippen LogP contribution in [-0.4, -0.2) is 11.1 Å². The molecule has 0 atom stereocenters. The summed E-state index contributed by atoms with van der Waals surface area (Å²) in [5.74, 6) is 0. The molecule has 0 bridgehead atoms. The number of benzene rings is 2. The zero-order chi connectivity index (χ0) is 15.2. The van der Waals surface area contributed by atoms with Gasteiger partial charge in [0.1, 0.15) is 0 Å². The standard InChI is InChI=1S/C15H14Cl2N2O2/c16-12-5-6-14(13(17)7-12)19-15(21)18-8-10-3-1-2-4-11(10)9-20/h1-7,20H,8-9H2,(H2,18,19,21). The highest BCUT2D eigenvalue weighted by Crippen LogP contribution is 2.25. The van der Waals surface area contributed by atoms with Crippen molar-refractivity contribution in [2.75, 3.05) is 5.32 Å². The van der Waals surface area contributed by atoms with Crippen molar-refractivity contribution in [1.29, 1.82) is 0 Å². The fraction of sp³-hybridized carbons (Fsp3) is 0.133. The predicted molar refractivity (Wildman–Crippen MR) is 84.7 cm³/mol. The van der Waals surface area contributed by atoms with Gasteiger partial charge in [-0.15, -0.1) is 0 Å². The number of urea groups is 1. The Balaban J connectivity index is 1.96. The fourth-order valence-electron chi connectivity index (χ4n) is 1.82. The average Bonchev–Trinajstić information content (AvgIpc) is 2.48. The van der Waals surface area contributed by atoms with Crippen molar-refractivity contribution in [3.63, 3.8) is 0 Å². The number of carbonyl (C=O) groups excluding carboxylic acids is 1. The van der Waals surface area contributed by atoms with Crippen LogP contribution >= 0.6 is 23.2 Å². The molecule has 110 valence electrons. The molecule has 0 heterocycles. The molecule has 2 amide bonds. The number of rotatable bonds is 4. The first-order valence-corrected chi connectivity index (χ1v) is 7.03. The highest BCUT2D eigenvalue weighted by Gasteiger charge is 2.07. The number of aliphatic hydroxyl groups excluding tert-OH is 1. The summed E-state index contributed by atoms with van der Waals surface area (Å²) in [7, 11) is 0. The van der Waals surface area contributed by atoms with Gasteiger partial charge in [0, 0.05) is 11.6 Å². The molecule has 2 aromatic carbocycles. The molecule has 0 aromatic heterocycles. The Bertz CT molecular complexity index is 647. The van der Waals surface area contributed by atoms with Gasteiger partial charge in [0.25, 0.3) is 0 Å². The Morgan fingerprint density at radius 2 is 1.81 bits per heavy atom. The van der Waals surface area contributed by atoms with Crippen LogP contribution in [0.1, 0.15) is 11.1 Å². The molecule has 0 aliphatic carbocycles. The van der Waals surface area contributed by atoms with Crippen LogP contribution in [0.4, 0.5) is 10.5 Å². The summed E-state index contributed by atoms with van der Waals surface area (Å²) >= 11 is 11.8. The SMILES string of the molecule is O=C(NCc1ccccc1CO)Nc1ccc(Cl)cc1Cl. The molecule has 4 nitrogen and oxygen atoms in total. The molecule has 0 fully saturated rings. The second kappa shape index (κ2) is 7.31. The second-order valence-corrected chi connectivity index (χ2v) is 5.20. The lowest BCUT2D eigenvalue weighted by Gasteiger charge is -2.11. The highest BCUT2D eigenvalue weighted by atomic mass is 35.5. The van der Waals surface area contributed by atoms with E-state index in [-0.39, 0.29) is 12.6 Å². The Labute approximate surface area is 132 Å².